The average Bonchev–Trinajstić information content (AvgIpc) is 2.84. The van der Waals surface area contributed by atoms with Crippen LogP contribution in [0, 0.1) is 0 Å². The zero-order chi connectivity index (χ0) is 11.7. The van der Waals surface area contributed by atoms with Gasteiger partial charge < -0.3 is 4.42 Å². The molecule has 0 aromatic carbocycles. The van der Waals surface area contributed by atoms with E-state index in [-0.39, 0.29) is 4.83 Å². The topological polar surface area (TPSA) is 13.1 Å². The number of hydrogen-bond donors (Lipinski definition) is 0. The van der Waals surface area contributed by atoms with Gasteiger partial charge in [0.1, 0.15) is 11.5 Å². The largest absolute Gasteiger partial charge is 0.465 e. The molecule has 16 heavy (non-hydrogen) atoms. The van der Waals surface area contributed by atoms with Crippen LogP contribution in [0.2, 0.25) is 8.67 Å². The summed E-state index contributed by atoms with van der Waals surface area (Å²) in [6.45, 7) is 2.06. The van der Waals surface area contributed by atoms with E-state index in [0.29, 0.717) is 8.67 Å². The molecule has 0 radical (unpaired) electrons. The van der Waals surface area contributed by atoms with Crippen LogP contribution in [0.4, 0.5) is 0 Å². The van der Waals surface area contributed by atoms with Gasteiger partial charge in [0.2, 0.25) is 0 Å². The molecule has 0 saturated heterocycles. The number of alkyl halides is 1. The Bertz CT molecular complexity index is 492. The minimum atomic E-state index is -0.0379. The highest BCUT2D eigenvalue weighted by Crippen LogP contribution is 2.41. The highest BCUT2D eigenvalue weighted by molar-refractivity contribution is 9.09. The molecule has 0 spiro atoms. The van der Waals surface area contributed by atoms with Crippen molar-refractivity contribution in [3.05, 3.63) is 44.0 Å². The Balaban J connectivity index is 2.31. The highest BCUT2D eigenvalue weighted by Gasteiger charge is 2.19. The number of halogens is 3. The number of thiophene rings is 1. The summed E-state index contributed by atoms with van der Waals surface area (Å²) in [6, 6.07) is 5.80. The van der Waals surface area contributed by atoms with Crippen LogP contribution < -0.4 is 0 Å². The second kappa shape index (κ2) is 5.13. The summed E-state index contributed by atoms with van der Waals surface area (Å²) in [7, 11) is 0. The zero-order valence-electron chi connectivity index (χ0n) is 8.47. The van der Waals surface area contributed by atoms with Gasteiger partial charge in [0.15, 0.2) is 0 Å². The lowest BCUT2D eigenvalue weighted by Crippen LogP contribution is -1.88. The van der Waals surface area contributed by atoms with E-state index in [9.17, 15) is 0 Å². The molecule has 2 rings (SSSR count). The van der Waals surface area contributed by atoms with Crippen LogP contribution >= 0.6 is 50.5 Å². The van der Waals surface area contributed by atoms with Crippen molar-refractivity contribution in [2.75, 3.05) is 0 Å². The molecule has 1 atom stereocenters. The molecular weight excluding hydrogens is 331 g/mol. The van der Waals surface area contributed by atoms with Crippen LogP contribution in [-0.2, 0) is 6.42 Å². The maximum Gasteiger partial charge on any atom is 0.122 e. The lowest BCUT2D eigenvalue weighted by molar-refractivity contribution is 0.477. The Morgan fingerprint density at radius 2 is 2.19 bits per heavy atom. The van der Waals surface area contributed by atoms with E-state index in [4.69, 9.17) is 27.6 Å². The van der Waals surface area contributed by atoms with Gasteiger partial charge in [-0.15, -0.1) is 11.3 Å². The smallest absolute Gasteiger partial charge is 0.122 e. The second-order valence-corrected chi connectivity index (χ2v) is 6.50. The predicted molar refractivity (Wildman–Crippen MR) is 73.2 cm³/mol. The Kier molecular flexibility index (Phi) is 4.01. The third-order valence-electron chi connectivity index (χ3n) is 2.24. The third kappa shape index (κ3) is 2.48. The van der Waals surface area contributed by atoms with Gasteiger partial charge in [0, 0.05) is 12.0 Å². The van der Waals surface area contributed by atoms with E-state index < -0.39 is 0 Å². The molecule has 0 bridgehead atoms. The van der Waals surface area contributed by atoms with Gasteiger partial charge in [-0.2, -0.15) is 0 Å². The SMILES string of the molecule is CCc1ccc(C(Br)c2cc(Cl)sc2Cl)o1. The van der Waals surface area contributed by atoms with E-state index in [0.717, 1.165) is 23.5 Å². The van der Waals surface area contributed by atoms with Crippen LogP contribution in [-0.4, -0.2) is 0 Å². The monoisotopic (exact) mass is 338 g/mol. The van der Waals surface area contributed by atoms with E-state index in [1.54, 1.807) is 0 Å². The van der Waals surface area contributed by atoms with Crippen molar-refractivity contribution in [2.24, 2.45) is 0 Å². The van der Waals surface area contributed by atoms with Crippen LogP contribution in [0.15, 0.2) is 22.6 Å². The summed E-state index contributed by atoms with van der Waals surface area (Å²) in [5, 5.41) is 0. The molecule has 0 N–H and O–H groups in total. The summed E-state index contributed by atoms with van der Waals surface area (Å²) in [5.74, 6) is 1.82. The fourth-order valence-electron chi connectivity index (χ4n) is 1.40. The van der Waals surface area contributed by atoms with Crippen molar-refractivity contribution in [2.45, 2.75) is 18.2 Å². The number of rotatable bonds is 3. The number of furan rings is 1. The van der Waals surface area contributed by atoms with Gasteiger partial charge in [-0.05, 0) is 18.2 Å². The Hall–Kier alpha value is 0.0400. The molecule has 1 nitrogen and oxygen atoms in total. The van der Waals surface area contributed by atoms with Crippen LogP contribution in [0.1, 0.15) is 28.8 Å². The molecular formula is C11H9BrCl2OS. The van der Waals surface area contributed by atoms with Gasteiger partial charge in [-0.25, -0.2) is 0 Å². The van der Waals surface area contributed by atoms with Crippen molar-refractivity contribution < 1.29 is 4.42 Å². The first kappa shape index (κ1) is 12.5. The molecule has 2 heterocycles. The van der Waals surface area contributed by atoms with Gasteiger partial charge in [-0.1, -0.05) is 46.1 Å². The average molecular weight is 340 g/mol. The molecule has 2 aromatic rings. The maximum absolute atomic E-state index is 6.09. The zero-order valence-corrected chi connectivity index (χ0v) is 12.4. The lowest BCUT2D eigenvalue weighted by Gasteiger charge is -2.04. The first-order valence-electron chi connectivity index (χ1n) is 4.79. The molecule has 0 fully saturated rings. The molecule has 1 unspecified atom stereocenters. The lowest BCUT2D eigenvalue weighted by atomic mass is 10.2. The van der Waals surface area contributed by atoms with Gasteiger partial charge in [0.25, 0.3) is 0 Å². The fraction of sp³-hybridized carbons (Fsp3) is 0.273. The first-order valence-corrected chi connectivity index (χ1v) is 7.28. The van der Waals surface area contributed by atoms with Crippen molar-refractivity contribution in [3.63, 3.8) is 0 Å². The Morgan fingerprint density at radius 3 is 2.69 bits per heavy atom. The van der Waals surface area contributed by atoms with Crippen molar-refractivity contribution in [3.8, 4) is 0 Å². The fourth-order valence-corrected chi connectivity index (χ4v) is 3.82. The van der Waals surface area contributed by atoms with Crippen LogP contribution in [0.5, 0.6) is 0 Å². The standard InChI is InChI=1S/C11H9BrCl2OS/c1-2-6-3-4-8(15-6)10(12)7-5-9(13)16-11(7)14/h3-5,10H,2H2,1H3. The highest BCUT2D eigenvalue weighted by atomic mass is 79.9. The number of aryl methyl sites for hydroxylation is 1. The molecule has 0 aliphatic rings. The van der Waals surface area contributed by atoms with Crippen molar-refractivity contribution in [1.82, 2.24) is 0 Å². The number of hydrogen-bond acceptors (Lipinski definition) is 2. The molecule has 86 valence electrons. The van der Waals surface area contributed by atoms with E-state index in [2.05, 4.69) is 22.9 Å². The van der Waals surface area contributed by atoms with E-state index in [1.165, 1.54) is 11.3 Å². The Labute approximate surface area is 116 Å². The predicted octanol–water partition coefficient (Wildman–Crippen LogP) is 5.69. The van der Waals surface area contributed by atoms with Crippen LogP contribution in [0.25, 0.3) is 0 Å². The minimum Gasteiger partial charge on any atom is -0.465 e. The van der Waals surface area contributed by atoms with Gasteiger partial charge in [-0.3, -0.25) is 0 Å². The summed E-state index contributed by atoms with van der Waals surface area (Å²) in [5.41, 5.74) is 0.952. The second-order valence-electron chi connectivity index (χ2n) is 3.30. The minimum absolute atomic E-state index is 0.0379. The summed E-state index contributed by atoms with van der Waals surface area (Å²) in [4.78, 5) is -0.0379. The maximum atomic E-state index is 6.09. The third-order valence-corrected chi connectivity index (χ3v) is 4.70. The van der Waals surface area contributed by atoms with Crippen molar-refractivity contribution in [1.29, 1.82) is 0 Å². The first-order chi connectivity index (χ1) is 7.61. The Morgan fingerprint density at radius 1 is 1.44 bits per heavy atom. The molecule has 2 aromatic heterocycles. The molecule has 0 amide bonds. The summed E-state index contributed by atoms with van der Waals surface area (Å²) < 4.78 is 7.05. The van der Waals surface area contributed by atoms with Gasteiger partial charge >= 0.3 is 0 Å². The van der Waals surface area contributed by atoms with Crippen LogP contribution in [0.3, 0.4) is 0 Å². The molecule has 5 heteroatoms. The molecule has 0 aliphatic heterocycles. The molecule has 0 aliphatic carbocycles. The van der Waals surface area contributed by atoms with Crippen molar-refractivity contribution >= 4 is 50.5 Å². The summed E-state index contributed by atoms with van der Waals surface area (Å²) >= 11 is 16.9. The summed E-state index contributed by atoms with van der Waals surface area (Å²) in [6.07, 6.45) is 0.887. The van der Waals surface area contributed by atoms with Gasteiger partial charge in [0.05, 0.1) is 13.5 Å². The normalized spacial score (nSPS) is 13.0. The molecule has 0 saturated carbocycles. The van der Waals surface area contributed by atoms with E-state index in [1.807, 2.05) is 18.2 Å². The van der Waals surface area contributed by atoms with E-state index >= 15 is 0 Å². The quantitative estimate of drug-likeness (QED) is 0.654.